The third kappa shape index (κ3) is 2.94. The molecule has 2 aromatic heterocycles. The van der Waals surface area contributed by atoms with E-state index in [1.807, 2.05) is 52.2 Å². The number of rotatable bonds is 5. The topological polar surface area (TPSA) is 57.8 Å². The van der Waals surface area contributed by atoms with Crippen molar-refractivity contribution < 1.29 is 4.74 Å². The van der Waals surface area contributed by atoms with Crippen LogP contribution in [0.4, 0.5) is 0 Å². The average Bonchev–Trinajstić information content (AvgIpc) is 3.16. The van der Waals surface area contributed by atoms with Gasteiger partial charge in [-0.3, -0.25) is 4.68 Å². The van der Waals surface area contributed by atoms with E-state index in [0.717, 1.165) is 29.1 Å². The molecular formula is C15H17N5O. The lowest BCUT2D eigenvalue weighted by Gasteiger charge is -2.02. The first-order chi connectivity index (χ1) is 10.3. The highest BCUT2D eigenvalue weighted by Crippen LogP contribution is 2.16. The van der Waals surface area contributed by atoms with Crippen LogP contribution in [-0.4, -0.2) is 31.9 Å². The van der Waals surface area contributed by atoms with Crippen LogP contribution in [0.3, 0.4) is 0 Å². The number of hydrogen-bond donors (Lipinski definition) is 0. The number of benzene rings is 1. The zero-order valence-electron chi connectivity index (χ0n) is 12.1. The molecule has 0 atom stereocenters. The number of aryl methyl sites for hydroxylation is 1. The molecule has 0 fully saturated rings. The zero-order valence-corrected chi connectivity index (χ0v) is 12.1. The fourth-order valence-corrected chi connectivity index (χ4v) is 2.09. The van der Waals surface area contributed by atoms with E-state index in [0.29, 0.717) is 6.54 Å². The van der Waals surface area contributed by atoms with Crippen molar-refractivity contribution in [3.05, 3.63) is 48.4 Å². The Labute approximate surface area is 123 Å². The normalized spacial score (nSPS) is 10.8. The summed E-state index contributed by atoms with van der Waals surface area (Å²) in [4.78, 5) is 0. The van der Waals surface area contributed by atoms with Crippen LogP contribution >= 0.6 is 0 Å². The molecule has 2 heterocycles. The maximum Gasteiger partial charge on any atom is 0.118 e. The molecule has 21 heavy (non-hydrogen) atoms. The van der Waals surface area contributed by atoms with E-state index in [1.165, 1.54) is 0 Å². The predicted molar refractivity (Wildman–Crippen MR) is 79.0 cm³/mol. The number of aromatic nitrogens is 5. The molecule has 0 saturated carbocycles. The predicted octanol–water partition coefficient (Wildman–Crippen LogP) is 2.22. The summed E-state index contributed by atoms with van der Waals surface area (Å²) in [6.07, 6.45) is 5.72. The van der Waals surface area contributed by atoms with Crippen molar-refractivity contribution in [3.8, 4) is 17.0 Å². The van der Waals surface area contributed by atoms with Gasteiger partial charge in [-0.25, -0.2) is 4.68 Å². The Morgan fingerprint density at radius 2 is 1.90 bits per heavy atom. The van der Waals surface area contributed by atoms with Crippen LogP contribution in [0.25, 0.3) is 11.3 Å². The van der Waals surface area contributed by atoms with Gasteiger partial charge in [-0.15, -0.1) is 5.10 Å². The minimum absolute atomic E-state index is 0.679. The van der Waals surface area contributed by atoms with Gasteiger partial charge in [0.2, 0.25) is 0 Å². The lowest BCUT2D eigenvalue weighted by Crippen LogP contribution is -2.00. The summed E-state index contributed by atoms with van der Waals surface area (Å²) in [5.41, 5.74) is 2.97. The third-order valence-electron chi connectivity index (χ3n) is 3.30. The fraction of sp³-hybridized carbons (Fsp3) is 0.267. The maximum atomic E-state index is 5.15. The molecule has 3 aromatic rings. The second-order valence-corrected chi connectivity index (χ2v) is 4.73. The van der Waals surface area contributed by atoms with Gasteiger partial charge in [0.1, 0.15) is 11.4 Å². The molecule has 0 aliphatic rings. The van der Waals surface area contributed by atoms with Gasteiger partial charge in [-0.2, -0.15) is 5.10 Å². The van der Waals surface area contributed by atoms with E-state index in [4.69, 9.17) is 4.74 Å². The molecular weight excluding hydrogens is 266 g/mol. The highest BCUT2D eigenvalue weighted by atomic mass is 16.5. The van der Waals surface area contributed by atoms with Crippen LogP contribution < -0.4 is 4.74 Å². The molecule has 6 nitrogen and oxygen atoms in total. The van der Waals surface area contributed by atoms with E-state index in [-0.39, 0.29) is 0 Å². The first-order valence-corrected chi connectivity index (χ1v) is 6.84. The zero-order chi connectivity index (χ0) is 14.7. The van der Waals surface area contributed by atoms with E-state index < -0.39 is 0 Å². The monoisotopic (exact) mass is 283 g/mol. The van der Waals surface area contributed by atoms with Crippen molar-refractivity contribution in [3.63, 3.8) is 0 Å². The van der Waals surface area contributed by atoms with Crippen LogP contribution in [0.15, 0.2) is 42.9 Å². The van der Waals surface area contributed by atoms with Crippen molar-refractivity contribution in [2.75, 3.05) is 7.11 Å². The van der Waals surface area contributed by atoms with Crippen LogP contribution in [0, 0.1) is 0 Å². The summed E-state index contributed by atoms with van der Waals surface area (Å²) >= 11 is 0. The molecule has 0 spiro atoms. The minimum atomic E-state index is 0.679. The van der Waals surface area contributed by atoms with Crippen LogP contribution in [0.5, 0.6) is 5.75 Å². The van der Waals surface area contributed by atoms with E-state index >= 15 is 0 Å². The second kappa shape index (κ2) is 5.78. The van der Waals surface area contributed by atoms with E-state index in [9.17, 15) is 0 Å². The highest BCUT2D eigenvalue weighted by Gasteiger charge is 2.06. The van der Waals surface area contributed by atoms with Crippen molar-refractivity contribution in [2.45, 2.75) is 20.0 Å². The SMILES string of the molecule is CCn1cc(-c2cn(Cc3ccc(OC)cc3)nn2)cn1. The Bertz CT molecular complexity index is 714. The van der Waals surface area contributed by atoms with E-state index in [1.54, 1.807) is 7.11 Å². The molecule has 0 N–H and O–H groups in total. The number of nitrogens with zero attached hydrogens (tertiary/aromatic N) is 5. The van der Waals surface area contributed by atoms with Gasteiger partial charge < -0.3 is 4.74 Å². The van der Waals surface area contributed by atoms with Crippen molar-refractivity contribution in [1.29, 1.82) is 0 Å². The molecule has 3 rings (SSSR count). The second-order valence-electron chi connectivity index (χ2n) is 4.73. The van der Waals surface area contributed by atoms with Crippen LogP contribution in [-0.2, 0) is 13.1 Å². The van der Waals surface area contributed by atoms with Crippen molar-refractivity contribution in [2.24, 2.45) is 0 Å². The molecule has 0 aliphatic heterocycles. The molecule has 1 aromatic carbocycles. The Kier molecular flexibility index (Phi) is 3.68. The number of methoxy groups -OCH3 is 1. The Morgan fingerprint density at radius 3 is 2.57 bits per heavy atom. The van der Waals surface area contributed by atoms with Gasteiger partial charge in [-0.05, 0) is 24.6 Å². The van der Waals surface area contributed by atoms with Crippen LogP contribution in [0.2, 0.25) is 0 Å². The molecule has 0 saturated heterocycles. The molecule has 6 heteroatoms. The molecule has 0 bridgehead atoms. The van der Waals surface area contributed by atoms with E-state index in [2.05, 4.69) is 22.3 Å². The largest absolute Gasteiger partial charge is 0.497 e. The summed E-state index contributed by atoms with van der Waals surface area (Å²) in [7, 11) is 1.66. The fourth-order valence-electron chi connectivity index (χ4n) is 2.09. The third-order valence-corrected chi connectivity index (χ3v) is 3.30. The van der Waals surface area contributed by atoms with Gasteiger partial charge in [0.15, 0.2) is 0 Å². The molecule has 108 valence electrons. The average molecular weight is 283 g/mol. The van der Waals surface area contributed by atoms with Crippen molar-refractivity contribution >= 4 is 0 Å². The Morgan fingerprint density at radius 1 is 1.10 bits per heavy atom. The smallest absolute Gasteiger partial charge is 0.118 e. The molecule has 0 radical (unpaired) electrons. The lowest BCUT2D eigenvalue weighted by atomic mass is 10.2. The quantitative estimate of drug-likeness (QED) is 0.720. The number of ether oxygens (including phenoxy) is 1. The van der Waals surface area contributed by atoms with Gasteiger partial charge in [-0.1, -0.05) is 17.3 Å². The lowest BCUT2D eigenvalue weighted by molar-refractivity contribution is 0.414. The molecule has 0 unspecified atom stereocenters. The van der Waals surface area contributed by atoms with Crippen molar-refractivity contribution in [1.82, 2.24) is 24.8 Å². The summed E-state index contributed by atoms with van der Waals surface area (Å²) < 4.78 is 8.84. The van der Waals surface area contributed by atoms with Gasteiger partial charge in [0, 0.05) is 18.3 Å². The van der Waals surface area contributed by atoms with Gasteiger partial charge >= 0.3 is 0 Å². The van der Waals surface area contributed by atoms with Crippen LogP contribution in [0.1, 0.15) is 12.5 Å². The first-order valence-electron chi connectivity index (χ1n) is 6.84. The number of hydrogen-bond acceptors (Lipinski definition) is 4. The van der Waals surface area contributed by atoms with Gasteiger partial charge in [0.25, 0.3) is 0 Å². The Balaban J connectivity index is 1.74. The standard InChI is InChI=1S/C15H17N5O/c1-3-19-10-13(8-16-19)15-11-20(18-17-15)9-12-4-6-14(21-2)7-5-12/h4-8,10-11H,3,9H2,1-2H3. The first kappa shape index (κ1) is 13.4. The summed E-state index contributed by atoms with van der Waals surface area (Å²) in [5.74, 6) is 0.852. The van der Waals surface area contributed by atoms with Gasteiger partial charge in [0.05, 0.1) is 26.0 Å². The molecule has 0 aliphatic carbocycles. The summed E-state index contributed by atoms with van der Waals surface area (Å²) in [6, 6.07) is 7.93. The summed E-state index contributed by atoms with van der Waals surface area (Å²) in [5, 5.41) is 12.6. The molecule has 0 amide bonds. The summed E-state index contributed by atoms with van der Waals surface area (Å²) in [6.45, 7) is 3.58. The Hall–Kier alpha value is -2.63. The minimum Gasteiger partial charge on any atom is -0.497 e. The highest BCUT2D eigenvalue weighted by molar-refractivity contribution is 5.55. The maximum absolute atomic E-state index is 5.15.